The molecule has 0 bridgehead atoms. The van der Waals surface area contributed by atoms with Crippen LogP contribution in [-0.2, 0) is 16.1 Å². The van der Waals surface area contributed by atoms with Crippen LogP contribution in [0, 0.1) is 27.7 Å². The lowest BCUT2D eigenvalue weighted by Crippen LogP contribution is -2.36. The third-order valence-electron chi connectivity index (χ3n) is 5.18. The normalized spacial score (nSPS) is 15.5. The van der Waals surface area contributed by atoms with Gasteiger partial charge in [-0.25, -0.2) is 0 Å². The van der Waals surface area contributed by atoms with Crippen LogP contribution in [0.25, 0.3) is 6.08 Å². The summed E-state index contributed by atoms with van der Waals surface area (Å²) < 4.78 is 2.15. The maximum absolute atomic E-state index is 12.7. The number of hydrogen-bond acceptors (Lipinski definition) is 4. The van der Waals surface area contributed by atoms with E-state index < -0.39 is 17.1 Å². The van der Waals surface area contributed by atoms with Crippen LogP contribution >= 0.6 is 11.8 Å². The Labute approximate surface area is 175 Å². The zero-order chi connectivity index (χ0) is 21.3. The number of imide groups is 1. The fraction of sp³-hybridized carbons (Fsp3) is 0.318. The molecule has 3 rings (SSSR count). The minimum atomic E-state index is -0.434. The molecule has 1 aliphatic rings. The maximum Gasteiger partial charge on any atom is 0.294 e. The van der Waals surface area contributed by atoms with Crippen molar-refractivity contribution in [1.29, 1.82) is 0 Å². The maximum atomic E-state index is 12.7. The molecule has 152 valence electrons. The highest BCUT2D eigenvalue weighted by molar-refractivity contribution is 8.18. The fourth-order valence-electron chi connectivity index (χ4n) is 3.40. The molecule has 1 aromatic heterocycles. The smallest absolute Gasteiger partial charge is 0.294 e. The topological polar surface area (TPSA) is 71.4 Å². The van der Waals surface area contributed by atoms with Gasteiger partial charge >= 0.3 is 0 Å². The first kappa shape index (κ1) is 20.9. The molecule has 0 radical (unpaired) electrons. The van der Waals surface area contributed by atoms with Crippen molar-refractivity contribution >= 4 is 40.6 Å². The number of aryl methyl sites for hydroxylation is 3. The highest BCUT2D eigenvalue weighted by Gasteiger charge is 2.36. The minimum absolute atomic E-state index is 0.303. The van der Waals surface area contributed by atoms with Crippen LogP contribution in [0.2, 0.25) is 0 Å². The van der Waals surface area contributed by atoms with E-state index in [1.54, 1.807) is 12.1 Å². The number of anilines is 1. The van der Waals surface area contributed by atoms with Crippen LogP contribution in [-0.4, -0.2) is 33.1 Å². The first-order valence-corrected chi connectivity index (χ1v) is 10.3. The molecule has 7 heteroatoms. The Morgan fingerprint density at radius 2 is 1.83 bits per heavy atom. The van der Waals surface area contributed by atoms with Gasteiger partial charge in [-0.15, -0.1) is 0 Å². The molecule has 0 atom stereocenters. The molecule has 29 heavy (non-hydrogen) atoms. The van der Waals surface area contributed by atoms with Gasteiger partial charge in [0.05, 0.1) is 4.91 Å². The first-order valence-electron chi connectivity index (χ1n) is 9.50. The summed E-state index contributed by atoms with van der Waals surface area (Å²) in [5, 5.41) is 2.32. The molecule has 0 saturated carbocycles. The molecule has 1 fully saturated rings. The second kappa shape index (κ2) is 8.29. The Morgan fingerprint density at radius 1 is 1.10 bits per heavy atom. The van der Waals surface area contributed by atoms with Crippen LogP contribution in [0.5, 0.6) is 0 Å². The molecular weight excluding hydrogens is 386 g/mol. The molecule has 1 aliphatic heterocycles. The molecule has 2 heterocycles. The molecule has 1 N–H and O–H groups in total. The summed E-state index contributed by atoms with van der Waals surface area (Å²) in [5.41, 5.74) is 5.89. The van der Waals surface area contributed by atoms with E-state index in [1.807, 2.05) is 45.9 Å². The lowest BCUT2D eigenvalue weighted by molar-refractivity contribution is -0.127. The molecule has 0 aliphatic carbocycles. The van der Waals surface area contributed by atoms with E-state index >= 15 is 0 Å². The molecule has 0 unspecified atom stereocenters. The third-order valence-corrected chi connectivity index (χ3v) is 6.09. The second-order valence-corrected chi connectivity index (χ2v) is 8.18. The van der Waals surface area contributed by atoms with Gasteiger partial charge in [0.1, 0.15) is 6.54 Å². The Kier molecular flexibility index (Phi) is 5.98. The van der Waals surface area contributed by atoms with Crippen molar-refractivity contribution in [1.82, 2.24) is 9.47 Å². The van der Waals surface area contributed by atoms with Crippen LogP contribution in [0.3, 0.4) is 0 Å². The van der Waals surface area contributed by atoms with Gasteiger partial charge < -0.3 is 9.88 Å². The van der Waals surface area contributed by atoms with E-state index in [4.69, 9.17) is 0 Å². The predicted molar refractivity (Wildman–Crippen MR) is 117 cm³/mol. The van der Waals surface area contributed by atoms with Gasteiger partial charge in [0.2, 0.25) is 5.91 Å². The SMILES string of the molecule is CCn1c(C)cc(C=C2SC(=O)N(CC(=O)Nc3ccc(C)c(C)c3)C2=O)c1C. The summed E-state index contributed by atoms with van der Waals surface area (Å²) in [6, 6.07) is 7.58. The summed E-state index contributed by atoms with van der Waals surface area (Å²) in [7, 11) is 0. The summed E-state index contributed by atoms with van der Waals surface area (Å²) in [5.74, 6) is -0.836. The monoisotopic (exact) mass is 411 g/mol. The van der Waals surface area contributed by atoms with Gasteiger partial charge in [0.15, 0.2) is 0 Å². The van der Waals surface area contributed by atoms with Gasteiger partial charge in [-0.3, -0.25) is 19.3 Å². The number of carbonyl (C=O) groups excluding carboxylic acids is 3. The van der Waals surface area contributed by atoms with Crippen molar-refractivity contribution < 1.29 is 14.4 Å². The number of nitrogens with zero attached hydrogens (tertiary/aromatic N) is 2. The molecule has 1 aromatic carbocycles. The summed E-state index contributed by atoms with van der Waals surface area (Å²) in [6.07, 6.45) is 1.74. The molecule has 3 amide bonds. The zero-order valence-corrected chi connectivity index (χ0v) is 18.1. The minimum Gasteiger partial charge on any atom is -0.349 e. The van der Waals surface area contributed by atoms with Gasteiger partial charge in [0.25, 0.3) is 11.1 Å². The number of amides is 3. The third kappa shape index (κ3) is 4.29. The summed E-state index contributed by atoms with van der Waals surface area (Å²) in [6.45, 7) is 10.5. The number of rotatable bonds is 5. The standard InChI is InChI=1S/C22H25N3O3S/c1-6-24-15(4)10-17(16(24)5)11-19-21(27)25(22(28)29-19)12-20(26)23-18-8-7-13(2)14(3)9-18/h7-11H,6,12H2,1-5H3,(H,23,26). The van der Waals surface area contributed by atoms with E-state index in [0.29, 0.717) is 10.6 Å². The van der Waals surface area contributed by atoms with E-state index in [9.17, 15) is 14.4 Å². The quantitative estimate of drug-likeness (QED) is 0.740. The molecular formula is C22H25N3O3S. The highest BCUT2D eigenvalue weighted by atomic mass is 32.2. The molecule has 6 nitrogen and oxygen atoms in total. The van der Waals surface area contributed by atoms with Crippen molar-refractivity contribution in [2.24, 2.45) is 0 Å². The zero-order valence-electron chi connectivity index (χ0n) is 17.3. The fourth-order valence-corrected chi connectivity index (χ4v) is 4.23. The molecule has 1 saturated heterocycles. The van der Waals surface area contributed by atoms with Crippen molar-refractivity contribution in [3.05, 3.63) is 57.2 Å². The summed E-state index contributed by atoms with van der Waals surface area (Å²) in [4.78, 5) is 38.7. The van der Waals surface area contributed by atoms with E-state index in [2.05, 4.69) is 16.8 Å². The van der Waals surface area contributed by atoms with Crippen molar-refractivity contribution in [3.8, 4) is 0 Å². The average molecular weight is 412 g/mol. The molecule has 0 spiro atoms. The first-order chi connectivity index (χ1) is 13.7. The number of aromatic nitrogens is 1. The van der Waals surface area contributed by atoms with Crippen LogP contribution in [0.4, 0.5) is 10.5 Å². The molecule has 2 aromatic rings. The van der Waals surface area contributed by atoms with E-state index in [0.717, 1.165) is 51.3 Å². The van der Waals surface area contributed by atoms with Gasteiger partial charge in [-0.1, -0.05) is 6.07 Å². The Morgan fingerprint density at radius 3 is 2.45 bits per heavy atom. The van der Waals surface area contributed by atoms with E-state index in [-0.39, 0.29) is 6.54 Å². The van der Waals surface area contributed by atoms with Gasteiger partial charge in [-0.05, 0) is 87.3 Å². The van der Waals surface area contributed by atoms with Crippen LogP contribution < -0.4 is 5.32 Å². The number of thioether (sulfide) groups is 1. The van der Waals surface area contributed by atoms with Crippen molar-refractivity contribution in [2.75, 3.05) is 11.9 Å². The number of hydrogen-bond donors (Lipinski definition) is 1. The van der Waals surface area contributed by atoms with Gasteiger partial charge in [-0.2, -0.15) is 0 Å². The lowest BCUT2D eigenvalue weighted by atomic mass is 10.1. The largest absolute Gasteiger partial charge is 0.349 e. The number of carbonyl (C=O) groups is 3. The van der Waals surface area contributed by atoms with Crippen LogP contribution in [0.1, 0.15) is 35.0 Å². The van der Waals surface area contributed by atoms with E-state index in [1.165, 1.54) is 0 Å². The Balaban J connectivity index is 1.73. The highest BCUT2D eigenvalue weighted by Crippen LogP contribution is 2.33. The Bertz CT molecular complexity index is 1040. The second-order valence-electron chi connectivity index (χ2n) is 7.19. The Hall–Kier alpha value is -2.80. The number of benzene rings is 1. The van der Waals surface area contributed by atoms with Crippen molar-refractivity contribution in [3.63, 3.8) is 0 Å². The van der Waals surface area contributed by atoms with Gasteiger partial charge in [0, 0.05) is 23.6 Å². The predicted octanol–water partition coefficient (Wildman–Crippen LogP) is 4.42. The lowest BCUT2D eigenvalue weighted by Gasteiger charge is -2.13. The van der Waals surface area contributed by atoms with Crippen LogP contribution in [0.15, 0.2) is 29.2 Å². The average Bonchev–Trinajstić information content (AvgIpc) is 3.08. The summed E-state index contributed by atoms with van der Waals surface area (Å²) >= 11 is 0.870. The van der Waals surface area contributed by atoms with Crippen molar-refractivity contribution in [2.45, 2.75) is 41.2 Å². The number of nitrogens with one attached hydrogen (secondary N) is 1.